The zero-order valence-corrected chi connectivity index (χ0v) is 9.43. The molecule has 2 rings (SSSR count). The number of ketones is 1. The minimum absolute atomic E-state index is 0.335. The lowest BCUT2D eigenvalue weighted by Crippen LogP contribution is -2.18. The van der Waals surface area contributed by atoms with Crippen LogP contribution in [0.4, 0.5) is 0 Å². The van der Waals surface area contributed by atoms with E-state index in [1.165, 1.54) is 25.7 Å². The fourth-order valence-corrected chi connectivity index (χ4v) is 2.89. The van der Waals surface area contributed by atoms with Crippen molar-refractivity contribution in [3.05, 3.63) is 23.8 Å². The number of carbonyl (C=O) groups excluding carboxylic acids is 1. The van der Waals surface area contributed by atoms with Gasteiger partial charge in [0.05, 0.1) is 0 Å². The molecule has 0 aromatic carbocycles. The van der Waals surface area contributed by atoms with E-state index in [1.807, 2.05) is 6.08 Å². The van der Waals surface area contributed by atoms with Gasteiger partial charge in [-0.05, 0) is 44.9 Å². The Hall–Kier alpha value is -0.850. The van der Waals surface area contributed by atoms with Crippen LogP contribution in [0, 0.1) is 5.92 Å². The molecule has 1 atom stereocenters. The molecular weight excluding hydrogens is 184 g/mol. The van der Waals surface area contributed by atoms with Crippen LogP contribution < -0.4 is 0 Å². The molecule has 0 radical (unpaired) electrons. The molecule has 15 heavy (non-hydrogen) atoms. The first-order valence-electron chi connectivity index (χ1n) is 6.14. The second-order valence-corrected chi connectivity index (χ2v) is 4.79. The van der Waals surface area contributed by atoms with Gasteiger partial charge in [0.2, 0.25) is 0 Å². The molecule has 0 N–H and O–H groups in total. The Balaban J connectivity index is 1.91. The maximum atomic E-state index is 11.9. The number of hydrogen-bond donors (Lipinski definition) is 0. The summed E-state index contributed by atoms with van der Waals surface area (Å²) in [6, 6.07) is 0. The molecule has 2 aliphatic carbocycles. The third-order valence-corrected chi connectivity index (χ3v) is 3.79. The average Bonchev–Trinajstić information content (AvgIpc) is 2.72. The first-order valence-corrected chi connectivity index (χ1v) is 6.14. The van der Waals surface area contributed by atoms with Crippen molar-refractivity contribution in [2.45, 2.75) is 51.4 Å². The van der Waals surface area contributed by atoms with Gasteiger partial charge in [0.1, 0.15) is 5.78 Å². The molecule has 0 aromatic heterocycles. The maximum absolute atomic E-state index is 11.9. The van der Waals surface area contributed by atoms with Crippen molar-refractivity contribution in [3.8, 4) is 0 Å². The van der Waals surface area contributed by atoms with Crippen LogP contribution in [-0.4, -0.2) is 5.78 Å². The van der Waals surface area contributed by atoms with Crippen molar-refractivity contribution < 1.29 is 4.79 Å². The highest BCUT2D eigenvalue weighted by Crippen LogP contribution is 2.39. The van der Waals surface area contributed by atoms with Crippen LogP contribution in [0.25, 0.3) is 0 Å². The number of carbonyl (C=O) groups is 1. The molecule has 0 saturated carbocycles. The summed E-state index contributed by atoms with van der Waals surface area (Å²) in [4.78, 5) is 11.9. The summed E-state index contributed by atoms with van der Waals surface area (Å²) < 4.78 is 0. The molecule has 0 heterocycles. The smallest absolute Gasteiger partial charge is 0.136 e. The first-order chi connectivity index (χ1) is 7.31. The monoisotopic (exact) mass is 204 g/mol. The molecule has 1 unspecified atom stereocenters. The summed E-state index contributed by atoms with van der Waals surface area (Å²) in [5.74, 6) is 0.801. The maximum Gasteiger partial charge on any atom is 0.136 e. The molecule has 0 spiro atoms. The second kappa shape index (κ2) is 4.78. The average molecular weight is 204 g/mol. The summed E-state index contributed by atoms with van der Waals surface area (Å²) in [6.07, 6.45) is 10.7. The van der Waals surface area contributed by atoms with Crippen molar-refractivity contribution in [2.24, 2.45) is 5.92 Å². The van der Waals surface area contributed by atoms with E-state index in [2.05, 4.69) is 6.58 Å². The van der Waals surface area contributed by atoms with Crippen molar-refractivity contribution in [1.29, 1.82) is 0 Å². The summed E-state index contributed by atoms with van der Waals surface area (Å²) in [5, 5.41) is 0. The van der Waals surface area contributed by atoms with Crippen molar-refractivity contribution in [1.82, 2.24) is 0 Å². The van der Waals surface area contributed by atoms with Gasteiger partial charge in [-0.3, -0.25) is 4.79 Å². The zero-order chi connectivity index (χ0) is 10.7. The molecule has 1 heteroatoms. The standard InChI is InChI=1S/C14H20O/c1-2-3-7-14(15)13-9-8-11-5-4-6-12(11)10-13/h2,13H,1,3-10H2. The summed E-state index contributed by atoms with van der Waals surface area (Å²) in [7, 11) is 0. The van der Waals surface area contributed by atoms with Gasteiger partial charge in [0.15, 0.2) is 0 Å². The normalized spacial score (nSPS) is 25.2. The largest absolute Gasteiger partial charge is 0.299 e. The van der Waals surface area contributed by atoms with Crippen molar-refractivity contribution >= 4 is 5.78 Å². The predicted molar refractivity (Wildman–Crippen MR) is 62.7 cm³/mol. The molecule has 0 aliphatic heterocycles. The van der Waals surface area contributed by atoms with E-state index in [1.54, 1.807) is 11.1 Å². The zero-order valence-electron chi connectivity index (χ0n) is 9.43. The topological polar surface area (TPSA) is 17.1 Å². The van der Waals surface area contributed by atoms with Crippen molar-refractivity contribution in [3.63, 3.8) is 0 Å². The Labute approximate surface area is 92.3 Å². The number of Topliss-reactive ketones (excluding diaryl/α,β-unsaturated/α-hetero) is 1. The molecule has 0 saturated heterocycles. The third kappa shape index (κ3) is 2.39. The van der Waals surface area contributed by atoms with Crippen LogP contribution in [0.2, 0.25) is 0 Å². The van der Waals surface area contributed by atoms with Gasteiger partial charge >= 0.3 is 0 Å². The predicted octanol–water partition coefficient (Wildman–Crippen LogP) is 3.80. The van der Waals surface area contributed by atoms with E-state index in [0.29, 0.717) is 18.1 Å². The Kier molecular flexibility index (Phi) is 3.40. The Morgan fingerprint density at radius 1 is 1.33 bits per heavy atom. The molecule has 1 nitrogen and oxygen atoms in total. The fourth-order valence-electron chi connectivity index (χ4n) is 2.89. The Morgan fingerprint density at radius 3 is 2.93 bits per heavy atom. The van der Waals surface area contributed by atoms with Gasteiger partial charge in [-0.25, -0.2) is 0 Å². The molecule has 2 aliphatic rings. The lowest BCUT2D eigenvalue weighted by molar-refractivity contribution is -0.123. The molecule has 82 valence electrons. The van der Waals surface area contributed by atoms with Gasteiger partial charge in [-0.15, -0.1) is 6.58 Å². The summed E-state index contributed by atoms with van der Waals surface area (Å²) >= 11 is 0. The summed E-state index contributed by atoms with van der Waals surface area (Å²) in [6.45, 7) is 3.67. The second-order valence-electron chi connectivity index (χ2n) is 4.79. The highest BCUT2D eigenvalue weighted by atomic mass is 16.1. The van der Waals surface area contributed by atoms with E-state index in [-0.39, 0.29) is 0 Å². The minimum atomic E-state index is 0.335. The molecule has 0 amide bonds. The molecule has 0 aromatic rings. The fraction of sp³-hybridized carbons (Fsp3) is 0.643. The van der Waals surface area contributed by atoms with Crippen LogP contribution in [0.1, 0.15) is 51.4 Å². The van der Waals surface area contributed by atoms with Crippen LogP contribution in [0.5, 0.6) is 0 Å². The first kappa shape index (κ1) is 10.7. The van der Waals surface area contributed by atoms with Gasteiger partial charge in [0.25, 0.3) is 0 Å². The quantitative estimate of drug-likeness (QED) is 0.636. The van der Waals surface area contributed by atoms with E-state index in [9.17, 15) is 4.79 Å². The highest BCUT2D eigenvalue weighted by molar-refractivity contribution is 5.81. The minimum Gasteiger partial charge on any atom is -0.299 e. The van der Waals surface area contributed by atoms with Crippen LogP contribution in [0.3, 0.4) is 0 Å². The highest BCUT2D eigenvalue weighted by Gasteiger charge is 2.27. The van der Waals surface area contributed by atoms with Gasteiger partial charge < -0.3 is 0 Å². The van der Waals surface area contributed by atoms with E-state index >= 15 is 0 Å². The number of hydrogen-bond acceptors (Lipinski definition) is 1. The van der Waals surface area contributed by atoms with Crippen LogP contribution in [0.15, 0.2) is 23.8 Å². The van der Waals surface area contributed by atoms with Crippen LogP contribution >= 0.6 is 0 Å². The van der Waals surface area contributed by atoms with Gasteiger partial charge in [-0.1, -0.05) is 17.2 Å². The Bertz CT molecular complexity index is 298. The van der Waals surface area contributed by atoms with E-state index in [4.69, 9.17) is 0 Å². The number of allylic oxidation sites excluding steroid dienone is 3. The van der Waals surface area contributed by atoms with Gasteiger partial charge in [0, 0.05) is 12.3 Å². The Morgan fingerprint density at radius 2 is 2.13 bits per heavy atom. The van der Waals surface area contributed by atoms with E-state index < -0.39 is 0 Å². The molecular formula is C14H20O. The lowest BCUT2D eigenvalue weighted by Gasteiger charge is -2.22. The third-order valence-electron chi connectivity index (χ3n) is 3.79. The summed E-state index contributed by atoms with van der Waals surface area (Å²) in [5.41, 5.74) is 3.31. The lowest BCUT2D eigenvalue weighted by atomic mass is 9.82. The SMILES string of the molecule is C=CCCC(=O)C1CCC2=C(CCC2)C1. The van der Waals surface area contributed by atoms with Crippen molar-refractivity contribution in [2.75, 3.05) is 0 Å². The molecule has 0 bridgehead atoms. The van der Waals surface area contributed by atoms with Gasteiger partial charge in [-0.2, -0.15) is 0 Å². The number of rotatable bonds is 4. The molecule has 0 fully saturated rings. The van der Waals surface area contributed by atoms with Crippen LogP contribution in [-0.2, 0) is 4.79 Å². The van der Waals surface area contributed by atoms with E-state index in [0.717, 1.165) is 19.3 Å².